The molecule has 0 bridgehead atoms. The number of aromatic nitrogens is 1. The van der Waals surface area contributed by atoms with Crippen molar-refractivity contribution < 1.29 is 4.79 Å². The molecule has 0 fully saturated rings. The van der Waals surface area contributed by atoms with Gasteiger partial charge < -0.3 is 9.80 Å². The van der Waals surface area contributed by atoms with Crippen LogP contribution >= 0.6 is 0 Å². The van der Waals surface area contributed by atoms with Crippen LogP contribution in [0.5, 0.6) is 0 Å². The van der Waals surface area contributed by atoms with Gasteiger partial charge in [0.2, 0.25) is 0 Å². The minimum absolute atomic E-state index is 0.0109. The third kappa shape index (κ3) is 3.85. The molecule has 0 saturated carbocycles. The second kappa shape index (κ2) is 7.59. The SMILES string of the molecule is CCN(CC)c1ccc(C(=O)N(C)Cc2ccccn2)cc1. The number of benzene rings is 1. The summed E-state index contributed by atoms with van der Waals surface area (Å²) in [5, 5.41) is 0. The van der Waals surface area contributed by atoms with E-state index >= 15 is 0 Å². The van der Waals surface area contributed by atoms with Gasteiger partial charge in [0, 0.05) is 37.6 Å². The first-order valence-corrected chi connectivity index (χ1v) is 7.66. The van der Waals surface area contributed by atoms with Gasteiger partial charge in [-0.15, -0.1) is 0 Å². The summed E-state index contributed by atoms with van der Waals surface area (Å²) < 4.78 is 0. The lowest BCUT2D eigenvalue weighted by atomic mass is 10.1. The third-order valence-electron chi connectivity index (χ3n) is 3.71. The van der Waals surface area contributed by atoms with Crippen LogP contribution in [0.4, 0.5) is 5.69 Å². The van der Waals surface area contributed by atoms with E-state index in [-0.39, 0.29) is 5.91 Å². The largest absolute Gasteiger partial charge is 0.372 e. The fourth-order valence-corrected chi connectivity index (χ4v) is 2.43. The Morgan fingerprint density at radius 3 is 2.27 bits per heavy atom. The third-order valence-corrected chi connectivity index (χ3v) is 3.71. The number of anilines is 1. The molecule has 0 unspecified atom stereocenters. The number of hydrogen-bond donors (Lipinski definition) is 0. The monoisotopic (exact) mass is 297 g/mol. The summed E-state index contributed by atoms with van der Waals surface area (Å²) >= 11 is 0. The van der Waals surface area contributed by atoms with Crippen LogP contribution in [0.2, 0.25) is 0 Å². The first-order chi connectivity index (χ1) is 10.7. The zero-order valence-electron chi connectivity index (χ0n) is 13.5. The van der Waals surface area contributed by atoms with E-state index in [1.54, 1.807) is 18.1 Å². The Labute approximate surface area is 132 Å². The smallest absolute Gasteiger partial charge is 0.253 e. The minimum atomic E-state index is 0.0109. The Bertz CT molecular complexity index is 591. The summed E-state index contributed by atoms with van der Waals surface area (Å²) in [7, 11) is 1.80. The van der Waals surface area contributed by atoms with Gasteiger partial charge in [0.1, 0.15) is 0 Å². The second-order valence-corrected chi connectivity index (χ2v) is 5.20. The standard InChI is InChI=1S/C18H23N3O/c1-4-21(5-2)17-11-9-15(10-12-17)18(22)20(3)14-16-8-6-7-13-19-16/h6-13H,4-5,14H2,1-3H3. The van der Waals surface area contributed by atoms with Crippen molar-refractivity contribution in [1.29, 1.82) is 0 Å². The molecular formula is C18H23N3O. The van der Waals surface area contributed by atoms with Crippen LogP contribution in [-0.4, -0.2) is 35.9 Å². The average Bonchev–Trinajstić information content (AvgIpc) is 2.57. The molecule has 4 heteroatoms. The van der Waals surface area contributed by atoms with E-state index in [9.17, 15) is 4.79 Å². The quantitative estimate of drug-likeness (QED) is 0.821. The van der Waals surface area contributed by atoms with Crippen LogP contribution < -0.4 is 4.90 Å². The van der Waals surface area contributed by atoms with Gasteiger partial charge in [-0.25, -0.2) is 0 Å². The lowest BCUT2D eigenvalue weighted by Gasteiger charge is -2.22. The molecule has 0 atom stereocenters. The molecule has 1 heterocycles. The number of rotatable bonds is 6. The summed E-state index contributed by atoms with van der Waals surface area (Å²) in [5.74, 6) is 0.0109. The molecule has 1 aromatic carbocycles. The number of amides is 1. The molecule has 0 N–H and O–H groups in total. The van der Waals surface area contributed by atoms with Crippen molar-refractivity contribution in [3.63, 3.8) is 0 Å². The molecule has 2 aromatic rings. The Hall–Kier alpha value is -2.36. The normalized spacial score (nSPS) is 10.3. The lowest BCUT2D eigenvalue weighted by molar-refractivity contribution is 0.0783. The van der Waals surface area contributed by atoms with Gasteiger partial charge in [0.15, 0.2) is 0 Å². The van der Waals surface area contributed by atoms with Crippen molar-refractivity contribution in [2.24, 2.45) is 0 Å². The molecule has 116 valence electrons. The summed E-state index contributed by atoms with van der Waals surface area (Å²) in [4.78, 5) is 20.7. The van der Waals surface area contributed by atoms with E-state index in [0.29, 0.717) is 12.1 Å². The molecule has 4 nitrogen and oxygen atoms in total. The van der Waals surface area contributed by atoms with Gasteiger partial charge >= 0.3 is 0 Å². The molecule has 1 amide bonds. The van der Waals surface area contributed by atoms with Gasteiger partial charge in [-0.2, -0.15) is 0 Å². The van der Waals surface area contributed by atoms with Crippen molar-refractivity contribution in [1.82, 2.24) is 9.88 Å². The fraction of sp³-hybridized carbons (Fsp3) is 0.333. The highest BCUT2D eigenvalue weighted by atomic mass is 16.2. The maximum Gasteiger partial charge on any atom is 0.253 e. The molecule has 2 rings (SSSR count). The number of hydrogen-bond acceptors (Lipinski definition) is 3. The topological polar surface area (TPSA) is 36.4 Å². The lowest BCUT2D eigenvalue weighted by Crippen LogP contribution is -2.27. The Morgan fingerprint density at radius 2 is 1.73 bits per heavy atom. The average molecular weight is 297 g/mol. The summed E-state index contributed by atoms with van der Waals surface area (Å²) in [6.07, 6.45) is 1.74. The van der Waals surface area contributed by atoms with E-state index in [1.807, 2.05) is 42.5 Å². The Balaban J connectivity index is 2.06. The molecule has 0 aliphatic rings. The van der Waals surface area contributed by atoms with E-state index < -0.39 is 0 Å². The van der Waals surface area contributed by atoms with Crippen LogP contribution in [0.15, 0.2) is 48.7 Å². The van der Waals surface area contributed by atoms with E-state index in [4.69, 9.17) is 0 Å². The van der Waals surface area contributed by atoms with Crippen molar-refractivity contribution in [2.75, 3.05) is 25.0 Å². The van der Waals surface area contributed by atoms with Crippen molar-refractivity contribution in [3.8, 4) is 0 Å². The zero-order chi connectivity index (χ0) is 15.9. The minimum Gasteiger partial charge on any atom is -0.372 e. The number of pyridine rings is 1. The Kier molecular flexibility index (Phi) is 5.53. The highest BCUT2D eigenvalue weighted by Gasteiger charge is 2.13. The van der Waals surface area contributed by atoms with Crippen molar-refractivity contribution in [2.45, 2.75) is 20.4 Å². The van der Waals surface area contributed by atoms with Gasteiger partial charge in [-0.1, -0.05) is 6.07 Å². The molecular weight excluding hydrogens is 274 g/mol. The van der Waals surface area contributed by atoms with Gasteiger partial charge in [-0.3, -0.25) is 9.78 Å². The van der Waals surface area contributed by atoms with Crippen LogP contribution in [0.1, 0.15) is 29.9 Å². The molecule has 22 heavy (non-hydrogen) atoms. The zero-order valence-corrected chi connectivity index (χ0v) is 13.5. The first kappa shape index (κ1) is 16.0. The predicted molar refractivity (Wildman–Crippen MR) is 90.0 cm³/mol. The van der Waals surface area contributed by atoms with Crippen LogP contribution in [0.3, 0.4) is 0 Å². The summed E-state index contributed by atoms with van der Waals surface area (Å²) in [6, 6.07) is 13.5. The number of carbonyl (C=O) groups excluding carboxylic acids is 1. The molecule has 1 aromatic heterocycles. The van der Waals surface area contributed by atoms with Gasteiger partial charge in [0.25, 0.3) is 5.91 Å². The van der Waals surface area contributed by atoms with E-state index in [1.165, 1.54) is 0 Å². The van der Waals surface area contributed by atoms with Gasteiger partial charge in [-0.05, 0) is 50.2 Å². The highest BCUT2D eigenvalue weighted by molar-refractivity contribution is 5.94. The number of nitrogens with zero attached hydrogens (tertiary/aromatic N) is 3. The van der Waals surface area contributed by atoms with Gasteiger partial charge in [0.05, 0.1) is 12.2 Å². The van der Waals surface area contributed by atoms with E-state index in [2.05, 4.69) is 23.7 Å². The van der Waals surface area contributed by atoms with Crippen molar-refractivity contribution >= 4 is 11.6 Å². The predicted octanol–water partition coefficient (Wildman–Crippen LogP) is 3.20. The summed E-state index contributed by atoms with van der Waals surface area (Å²) in [5.41, 5.74) is 2.74. The summed E-state index contributed by atoms with van der Waals surface area (Å²) in [6.45, 7) is 6.69. The molecule has 0 saturated heterocycles. The van der Waals surface area contributed by atoms with Crippen LogP contribution in [0, 0.1) is 0 Å². The number of carbonyl (C=O) groups is 1. The Morgan fingerprint density at radius 1 is 1.05 bits per heavy atom. The van der Waals surface area contributed by atoms with E-state index in [0.717, 1.165) is 24.5 Å². The second-order valence-electron chi connectivity index (χ2n) is 5.20. The molecule has 0 radical (unpaired) electrons. The first-order valence-electron chi connectivity index (χ1n) is 7.66. The molecule has 0 aliphatic heterocycles. The fourth-order valence-electron chi connectivity index (χ4n) is 2.43. The molecule has 0 spiro atoms. The maximum absolute atomic E-state index is 12.5. The maximum atomic E-state index is 12.5. The van der Waals surface area contributed by atoms with Crippen molar-refractivity contribution in [3.05, 3.63) is 59.9 Å². The van der Waals surface area contributed by atoms with Crippen LogP contribution in [-0.2, 0) is 6.54 Å². The van der Waals surface area contributed by atoms with Crippen LogP contribution in [0.25, 0.3) is 0 Å². The highest BCUT2D eigenvalue weighted by Crippen LogP contribution is 2.16. The molecule has 0 aliphatic carbocycles.